The van der Waals surface area contributed by atoms with Crippen molar-refractivity contribution in [2.24, 2.45) is 0 Å². The van der Waals surface area contributed by atoms with Gasteiger partial charge in [-0.2, -0.15) is 11.3 Å². The number of thiophene rings is 1. The summed E-state index contributed by atoms with van der Waals surface area (Å²) in [6, 6.07) is 1.75. The fraction of sp³-hybridized carbons (Fsp3) is 0.588. The lowest BCUT2D eigenvalue weighted by molar-refractivity contribution is 0.00174. The Balaban J connectivity index is 2.85. The van der Waals surface area contributed by atoms with E-state index >= 15 is 0 Å². The molecule has 1 aromatic heterocycles. The van der Waals surface area contributed by atoms with Gasteiger partial charge in [0, 0.05) is 6.54 Å². The van der Waals surface area contributed by atoms with Crippen LogP contribution in [0.15, 0.2) is 11.4 Å². The van der Waals surface area contributed by atoms with Crippen LogP contribution in [0.1, 0.15) is 46.4 Å². The third-order valence-electron chi connectivity index (χ3n) is 2.58. The predicted molar refractivity (Wildman–Crippen MR) is 93.5 cm³/mol. The van der Waals surface area contributed by atoms with E-state index in [1.807, 2.05) is 0 Å². The van der Waals surface area contributed by atoms with Gasteiger partial charge in [0.1, 0.15) is 11.2 Å². The van der Waals surface area contributed by atoms with Gasteiger partial charge in [0.25, 0.3) is 0 Å². The fourth-order valence-electron chi connectivity index (χ4n) is 1.67. The zero-order valence-electron chi connectivity index (χ0n) is 15.0. The molecule has 0 N–H and O–H groups in total. The lowest BCUT2D eigenvalue weighted by Crippen LogP contribution is -2.44. The molecule has 0 bridgehead atoms. The first kappa shape index (κ1) is 20.0. The molecule has 0 saturated heterocycles. The van der Waals surface area contributed by atoms with E-state index in [0.29, 0.717) is 12.1 Å². The summed E-state index contributed by atoms with van der Waals surface area (Å²) in [4.78, 5) is 29.9. The van der Waals surface area contributed by atoms with Crippen molar-refractivity contribution in [1.82, 2.24) is 4.90 Å². The monoisotopic (exact) mass is 352 g/mol. The van der Waals surface area contributed by atoms with E-state index in [9.17, 15) is 9.59 Å². The summed E-state index contributed by atoms with van der Waals surface area (Å²) < 4.78 is 10.6. The normalized spacial score (nSPS) is 11.5. The zero-order chi connectivity index (χ0) is 18.5. The predicted octanol–water partition coefficient (Wildman–Crippen LogP) is 5.01. The Morgan fingerprint density at radius 1 is 1.12 bits per heavy atom. The first-order valence-corrected chi connectivity index (χ1v) is 8.47. The highest BCUT2D eigenvalue weighted by atomic mass is 32.1. The van der Waals surface area contributed by atoms with Gasteiger partial charge in [-0.1, -0.05) is 0 Å². The molecule has 132 valence electrons. The standard InChI is InChI=1S/C17H24N2O4S/c1-16(2,3)22-14(20)19(15(21)23-17(4,5)6)9-8-13-10-12(18-7)11-24-13/h10-11H,8-9H2,1-6H3. The second-order valence-corrected chi connectivity index (χ2v) is 8.24. The van der Waals surface area contributed by atoms with Crippen molar-refractivity contribution in [2.45, 2.75) is 59.2 Å². The van der Waals surface area contributed by atoms with Crippen LogP contribution in [-0.2, 0) is 15.9 Å². The van der Waals surface area contributed by atoms with E-state index in [-0.39, 0.29) is 6.54 Å². The number of rotatable bonds is 3. The Bertz CT molecular complexity index is 604. The van der Waals surface area contributed by atoms with E-state index in [0.717, 1.165) is 9.78 Å². The molecule has 0 radical (unpaired) electrons. The number of carbonyl (C=O) groups is 2. The Hall–Kier alpha value is -2.07. The van der Waals surface area contributed by atoms with E-state index in [1.54, 1.807) is 53.0 Å². The van der Waals surface area contributed by atoms with Gasteiger partial charge in [-0.15, -0.1) is 0 Å². The Morgan fingerprint density at radius 2 is 1.62 bits per heavy atom. The number of hydrogen-bond donors (Lipinski definition) is 0. The summed E-state index contributed by atoms with van der Waals surface area (Å²) in [6.45, 7) is 17.5. The number of carbonyl (C=O) groups excluding carboxylic acids is 2. The van der Waals surface area contributed by atoms with Gasteiger partial charge in [-0.05, 0) is 64.3 Å². The molecule has 0 aromatic carbocycles. The highest BCUT2D eigenvalue weighted by molar-refractivity contribution is 7.10. The molecule has 0 aliphatic heterocycles. The molecule has 24 heavy (non-hydrogen) atoms. The highest BCUT2D eigenvalue weighted by Crippen LogP contribution is 2.23. The van der Waals surface area contributed by atoms with Crippen molar-refractivity contribution >= 4 is 29.2 Å². The van der Waals surface area contributed by atoms with Crippen LogP contribution in [-0.4, -0.2) is 34.8 Å². The van der Waals surface area contributed by atoms with Crippen LogP contribution in [0.25, 0.3) is 4.85 Å². The first-order valence-electron chi connectivity index (χ1n) is 7.59. The van der Waals surface area contributed by atoms with Gasteiger partial charge in [0.2, 0.25) is 0 Å². The molecule has 0 unspecified atom stereocenters. The van der Waals surface area contributed by atoms with Crippen LogP contribution >= 0.6 is 11.3 Å². The topological polar surface area (TPSA) is 60.2 Å². The fourth-order valence-corrected chi connectivity index (χ4v) is 2.46. The van der Waals surface area contributed by atoms with Crippen LogP contribution in [0, 0.1) is 6.57 Å². The second kappa shape index (κ2) is 7.67. The van der Waals surface area contributed by atoms with E-state index in [4.69, 9.17) is 16.0 Å². The molecule has 0 saturated carbocycles. The van der Waals surface area contributed by atoms with Crippen LogP contribution in [0.2, 0.25) is 0 Å². The van der Waals surface area contributed by atoms with Crippen LogP contribution in [0.4, 0.5) is 15.3 Å². The van der Waals surface area contributed by atoms with Crippen molar-refractivity contribution < 1.29 is 19.1 Å². The molecule has 7 heteroatoms. The number of nitrogens with zero attached hydrogens (tertiary/aromatic N) is 2. The van der Waals surface area contributed by atoms with Gasteiger partial charge in [0.15, 0.2) is 5.69 Å². The van der Waals surface area contributed by atoms with Crippen LogP contribution in [0.3, 0.4) is 0 Å². The van der Waals surface area contributed by atoms with Gasteiger partial charge >= 0.3 is 12.2 Å². The van der Waals surface area contributed by atoms with Crippen molar-refractivity contribution in [3.8, 4) is 0 Å². The van der Waals surface area contributed by atoms with Gasteiger partial charge in [0.05, 0.1) is 6.57 Å². The second-order valence-electron chi connectivity index (χ2n) is 7.25. The summed E-state index contributed by atoms with van der Waals surface area (Å²) in [7, 11) is 0. The Labute approximate surface area is 147 Å². The maximum atomic E-state index is 12.3. The summed E-state index contributed by atoms with van der Waals surface area (Å²) in [5.74, 6) is 0. The lowest BCUT2D eigenvalue weighted by Gasteiger charge is -2.28. The van der Waals surface area contributed by atoms with E-state index in [2.05, 4.69) is 4.85 Å². The minimum absolute atomic E-state index is 0.127. The largest absolute Gasteiger partial charge is 0.443 e. The van der Waals surface area contributed by atoms with E-state index < -0.39 is 23.4 Å². The Kier molecular flexibility index (Phi) is 6.38. The maximum absolute atomic E-state index is 12.3. The number of amides is 2. The molecule has 0 spiro atoms. The first-order chi connectivity index (χ1) is 10.9. The van der Waals surface area contributed by atoms with Crippen LogP contribution < -0.4 is 0 Å². The van der Waals surface area contributed by atoms with Crippen molar-refractivity contribution in [3.05, 3.63) is 27.7 Å². The molecule has 0 fully saturated rings. The average Bonchev–Trinajstić information content (AvgIpc) is 2.82. The van der Waals surface area contributed by atoms with Crippen molar-refractivity contribution in [1.29, 1.82) is 0 Å². The maximum Gasteiger partial charge on any atom is 0.419 e. The van der Waals surface area contributed by atoms with Gasteiger partial charge < -0.3 is 9.47 Å². The molecular weight excluding hydrogens is 328 g/mol. The molecule has 1 rings (SSSR count). The molecule has 0 aliphatic rings. The number of hydrogen-bond acceptors (Lipinski definition) is 5. The molecule has 2 amide bonds. The summed E-state index contributed by atoms with van der Waals surface area (Å²) in [5.41, 5.74) is -0.870. The highest BCUT2D eigenvalue weighted by Gasteiger charge is 2.30. The molecule has 1 heterocycles. The summed E-state index contributed by atoms with van der Waals surface area (Å²) in [6.07, 6.45) is -1.03. The van der Waals surface area contributed by atoms with Gasteiger partial charge in [-0.3, -0.25) is 0 Å². The number of imide groups is 1. The van der Waals surface area contributed by atoms with Crippen molar-refractivity contribution in [2.75, 3.05) is 6.54 Å². The molecular formula is C17H24N2O4S. The third-order valence-corrected chi connectivity index (χ3v) is 3.56. The minimum Gasteiger partial charge on any atom is -0.443 e. The quantitative estimate of drug-likeness (QED) is 0.717. The average molecular weight is 352 g/mol. The molecule has 6 nitrogen and oxygen atoms in total. The summed E-state index contributed by atoms with van der Waals surface area (Å²) >= 11 is 1.42. The smallest absolute Gasteiger partial charge is 0.419 e. The Morgan fingerprint density at radius 3 is 2.00 bits per heavy atom. The van der Waals surface area contributed by atoms with E-state index in [1.165, 1.54) is 11.3 Å². The third kappa shape index (κ3) is 7.01. The molecule has 0 aliphatic carbocycles. The zero-order valence-corrected chi connectivity index (χ0v) is 15.8. The van der Waals surface area contributed by atoms with Crippen LogP contribution in [0.5, 0.6) is 0 Å². The summed E-state index contributed by atoms with van der Waals surface area (Å²) in [5, 5.41) is 1.74. The minimum atomic E-state index is -0.737. The van der Waals surface area contributed by atoms with Gasteiger partial charge in [-0.25, -0.2) is 19.3 Å². The van der Waals surface area contributed by atoms with Crippen molar-refractivity contribution in [3.63, 3.8) is 0 Å². The molecule has 1 aromatic rings. The lowest BCUT2D eigenvalue weighted by atomic mass is 10.2. The number of ether oxygens (including phenoxy) is 2. The molecule has 0 atom stereocenters. The SMILES string of the molecule is [C-]#[N+]c1csc(CCN(C(=O)OC(C)(C)C)C(=O)OC(C)(C)C)c1.